The normalized spacial score (nSPS) is 10.5. The molecule has 112 valence electrons. The summed E-state index contributed by atoms with van der Waals surface area (Å²) in [5.41, 5.74) is 0. The molecule has 3 aromatic rings. The van der Waals surface area contributed by atoms with E-state index >= 15 is 0 Å². The molecule has 2 heterocycles. The number of hydrogen-bond donors (Lipinski definition) is 1. The highest BCUT2D eigenvalue weighted by molar-refractivity contribution is 7.15. The van der Waals surface area contributed by atoms with E-state index in [1.165, 1.54) is 17.4 Å². The summed E-state index contributed by atoms with van der Waals surface area (Å²) >= 11 is 7.27. The number of aryl methyl sites for hydroxylation is 1. The van der Waals surface area contributed by atoms with Gasteiger partial charge in [0.1, 0.15) is 5.75 Å². The molecule has 0 saturated heterocycles. The Morgan fingerprint density at radius 2 is 2.23 bits per heavy atom. The fourth-order valence-electron chi connectivity index (χ4n) is 1.71. The molecule has 0 atom stereocenters. The summed E-state index contributed by atoms with van der Waals surface area (Å²) in [6, 6.07) is 10.0. The van der Waals surface area contributed by atoms with Crippen LogP contribution in [0, 0.1) is 6.92 Å². The Labute approximate surface area is 135 Å². The van der Waals surface area contributed by atoms with E-state index in [0.717, 1.165) is 4.88 Å². The Morgan fingerprint density at radius 1 is 1.36 bits per heavy atom. The van der Waals surface area contributed by atoms with Gasteiger partial charge in [-0.3, -0.25) is 10.1 Å². The van der Waals surface area contributed by atoms with Gasteiger partial charge in [-0.05, 0) is 31.2 Å². The summed E-state index contributed by atoms with van der Waals surface area (Å²) in [6.07, 6.45) is 1.69. The Bertz CT molecular complexity index is 812. The molecule has 0 aliphatic heterocycles. The van der Waals surface area contributed by atoms with Gasteiger partial charge in [-0.25, -0.2) is 4.98 Å². The van der Waals surface area contributed by atoms with E-state index in [1.807, 2.05) is 6.92 Å². The third-order valence-electron chi connectivity index (χ3n) is 2.66. The van der Waals surface area contributed by atoms with Crippen molar-refractivity contribution in [1.82, 2.24) is 4.98 Å². The number of furan rings is 1. The average Bonchev–Trinajstić information content (AvgIpc) is 3.08. The van der Waals surface area contributed by atoms with Gasteiger partial charge in [-0.15, -0.1) is 11.3 Å². The quantitative estimate of drug-likeness (QED) is 0.748. The highest BCUT2D eigenvalue weighted by Crippen LogP contribution is 2.26. The lowest BCUT2D eigenvalue weighted by Gasteiger charge is -2.02. The number of nitrogens with zero attached hydrogens (tertiary/aromatic N) is 1. The maximum Gasteiger partial charge on any atom is 0.293 e. The number of ether oxygens (including phenoxy) is 1. The fourth-order valence-corrected chi connectivity index (χ4v) is 2.55. The van der Waals surface area contributed by atoms with Gasteiger partial charge in [0.25, 0.3) is 11.9 Å². The Kier molecular flexibility index (Phi) is 4.13. The molecule has 0 fully saturated rings. The first-order valence-electron chi connectivity index (χ1n) is 6.37. The third kappa shape index (κ3) is 3.47. The van der Waals surface area contributed by atoms with Crippen molar-refractivity contribution in [2.75, 3.05) is 5.32 Å². The molecule has 0 radical (unpaired) electrons. The molecule has 0 saturated carbocycles. The van der Waals surface area contributed by atoms with Crippen LogP contribution in [-0.2, 0) is 0 Å². The summed E-state index contributed by atoms with van der Waals surface area (Å²) < 4.78 is 10.9. The highest BCUT2D eigenvalue weighted by atomic mass is 35.5. The highest BCUT2D eigenvalue weighted by Gasteiger charge is 2.14. The van der Waals surface area contributed by atoms with Crippen LogP contribution in [0.1, 0.15) is 15.4 Å². The summed E-state index contributed by atoms with van der Waals surface area (Å²) in [7, 11) is 0. The minimum atomic E-state index is -0.379. The van der Waals surface area contributed by atoms with Crippen LogP contribution in [0.25, 0.3) is 0 Å². The molecule has 0 aliphatic carbocycles. The topological polar surface area (TPSA) is 64.4 Å². The van der Waals surface area contributed by atoms with Gasteiger partial charge in [0.15, 0.2) is 10.9 Å². The number of benzene rings is 1. The molecule has 3 rings (SSSR count). The second-order valence-electron chi connectivity index (χ2n) is 4.41. The van der Waals surface area contributed by atoms with Gasteiger partial charge in [0.2, 0.25) is 0 Å². The first-order chi connectivity index (χ1) is 10.6. The number of carbonyl (C=O) groups excluding carboxylic acids is 1. The van der Waals surface area contributed by atoms with Crippen molar-refractivity contribution in [2.24, 2.45) is 0 Å². The largest absolute Gasteiger partial charge is 0.426 e. The first-order valence-corrected chi connectivity index (χ1v) is 7.56. The van der Waals surface area contributed by atoms with Gasteiger partial charge in [0, 0.05) is 22.2 Å². The number of thiazole rings is 1. The SMILES string of the molecule is Cc1cnc(NC(=O)c2ccc(Oc3cccc(Cl)c3)o2)s1. The number of amides is 1. The number of anilines is 1. The Morgan fingerprint density at radius 3 is 2.95 bits per heavy atom. The zero-order valence-corrected chi connectivity index (χ0v) is 13.1. The van der Waals surface area contributed by atoms with Crippen LogP contribution < -0.4 is 10.1 Å². The van der Waals surface area contributed by atoms with Crippen LogP contribution in [0.4, 0.5) is 5.13 Å². The van der Waals surface area contributed by atoms with Crippen LogP contribution >= 0.6 is 22.9 Å². The lowest BCUT2D eigenvalue weighted by molar-refractivity contribution is 0.0992. The maximum absolute atomic E-state index is 12.0. The average molecular weight is 335 g/mol. The van der Waals surface area contributed by atoms with Gasteiger partial charge >= 0.3 is 0 Å². The second-order valence-corrected chi connectivity index (χ2v) is 6.08. The van der Waals surface area contributed by atoms with E-state index in [-0.39, 0.29) is 17.6 Å². The first kappa shape index (κ1) is 14.6. The monoisotopic (exact) mass is 334 g/mol. The number of rotatable bonds is 4. The minimum Gasteiger partial charge on any atom is -0.426 e. The van der Waals surface area contributed by atoms with Crippen LogP contribution in [0.3, 0.4) is 0 Å². The van der Waals surface area contributed by atoms with E-state index < -0.39 is 0 Å². The van der Waals surface area contributed by atoms with E-state index in [4.69, 9.17) is 20.8 Å². The maximum atomic E-state index is 12.0. The lowest BCUT2D eigenvalue weighted by Crippen LogP contribution is -2.10. The van der Waals surface area contributed by atoms with Crippen LogP contribution in [-0.4, -0.2) is 10.9 Å². The smallest absolute Gasteiger partial charge is 0.293 e. The number of aromatic nitrogens is 1. The molecular formula is C15H11ClN2O3S. The molecule has 5 nitrogen and oxygen atoms in total. The number of halogens is 1. The van der Waals surface area contributed by atoms with Crippen molar-refractivity contribution < 1.29 is 13.9 Å². The molecule has 1 aromatic carbocycles. The number of carbonyl (C=O) groups is 1. The lowest BCUT2D eigenvalue weighted by atomic mass is 10.3. The molecule has 1 N–H and O–H groups in total. The predicted molar refractivity (Wildman–Crippen MR) is 85.0 cm³/mol. The van der Waals surface area contributed by atoms with Crippen molar-refractivity contribution in [3.63, 3.8) is 0 Å². The zero-order valence-electron chi connectivity index (χ0n) is 11.5. The summed E-state index contributed by atoms with van der Waals surface area (Å²) in [4.78, 5) is 17.1. The predicted octanol–water partition coefficient (Wildman–Crippen LogP) is 4.74. The van der Waals surface area contributed by atoms with Crippen molar-refractivity contribution in [2.45, 2.75) is 6.92 Å². The van der Waals surface area contributed by atoms with Crippen LogP contribution in [0.5, 0.6) is 11.7 Å². The minimum absolute atomic E-state index is 0.143. The summed E-state index contributed by atoms with van der Waals surface area (Å²) in [5, 5.41) is 3.74. The molecule has 0 aliphatic rings. The van der Waals surface area contributed by atoms with Crippen molar-refractivity contribution in [1.29, 1.82) is 0 Å². The summed E-state index contributed by atoms with van der Waals surface area (Å²) in [6.45, 7) is 1.91. The molecule has 2 aromatic heterocycles. The molecular weight excluding hydrogens is 324 g/mol. The summed E-state index contributed by atoms with van der Waals surface area (Å²) in [5.74, 6) is 0.507. The fraction of sp³-hybridized carbons (Fsp3) is 0.0667. The van der Waals surface area contributed by atoms with Gasteiger partial charge < -0.3 is 9.15 Å². The molecule has 1 amide bonds. The molecule has 0 spiro atoms. The Hall–Kier alpha value is -2.31. The van der Waals surface area contributed by atoms with Gasteiger partial charge in [-0.2, -0.15) is 0 Å². The van der Waals surface area contributed by atoms with E-state index in [2.05, 4.69) is 10.3 Å². The third-order valence-corrected chi connectivity index (χ3v) is 3.72. The Balaban J connectivity index is 1.69. The van der Waals surface area contributed by atoms with Gasteiger partial charge in [-0.1, -0.05) is 17.7 Å². The molecule has 22 heavy (non-hydrogen) atoms. The zero-order chi connectivity index (χ0) is 15.5. The van der Waals surface area contributed by atoms with Crippen molar-refractivity contribution >= 4 is 34.0 Å². The van der Waals surface area contributed by atoms with E-state index in [9.17, 15) is 4.79 Å². The molecule has 0 bridgehead atoms. The second kappa shape index (κ2) is 6.21. The van der Waals surface area contributed by atoms with E-state index in [1.54, 1.807) is 36.5 Å². The molecule has 7 heteroatoms. The van der Waals surface area contributed by atoms with Crippen molar-refractivity contribution in [3.05, 3.63) is 58.3 Å². The van der Waals surface area contributed by atoms with Crippen LogP contribution in [0.15, 0.2) is 47.0 Å². The molecule has 0 unspecified atom stereocenters. The number of nitrogens with one attached hydrogen (secondary N) is 1. The number of hydrogen-bond acceptors (Lipinski definition) is 5. The van der Waals surface area contributed by atoms with Crippen LogP contribution in [0.2, 0.25) is 5.02 Å². The standard InChI is InChI=1S/C15H11ClN2O3S/c1-9-8-17-15(22-9)18-14(19)12-5-6-13(21-12)20-11-4-2-3-10(16)7-11/h2-8H,1H3,(H,17,18,19). The van der Waals surface area contributed by atoms with Gasteiger partial charge in [0.05, 0.1) is 0 Å². The van der Waals surface area contributed by atoms with Crippen molar-refractivity contribution in [3.8, 4) is 11.7 Å². The van der Waals surface area contributed by atoms with E-state index in [0.29, 0.717) is 15.9 Å².